The number of hydrogen-bond donors (Lipinski definition) is 0. The molecule has 9 heteroatoms. The Morgan fingerprint density at radius 2 is 1.85 bits per heavy atom. The number of nitrogens with zero attached hydrogens (tertiary/aromatic N) is 2. The summed E-state index contributed by atoms with van der Waals surface area (Å²) >= 11 is 5.72. The molecular formula is C18H19FN2O4S2. The third kappa shape index (κ3) is 1.84. The quantitative estimate of drug-likeness (QED) is 0.687. The zero-order valence-corrected chi connectivity index (χ0v) is 16.9. The summed E-state index contributed by atoms with van der Waals surface area (Å²) in [6.45, 7) is 3.37. The maximum absolute atomic E-state index is 13.5. The van der Waals surface area contributed by atoms with Gasteiger partial charge in [0, 0.05) is 13.5 Å². The minimum Gasteiger partial charge on any atom is -0.469 e. The number of rotatable bonds is 2. The lowest BCUT2D eigenvalue weighted by Crippen LogP contribution is -2.60. The second kappa shape index (κ2) is 5.35. The van der Waals surface area contributed by atoms with Crippen molar-refractivity contribution in [3.63, 3.8) is 0 Å². The molecule has 27 heavy (non-hydrogen) atoms. The van der Waals surface area contributed by atoms with Crippen LogP contribution in [0.5, 0.6) is 0 Å². The van der Waals surface area contributed by atoms with Crippen molar-refractivity contribution in [1.82, 2.24) is 9.80 Å². The predicted octanol–water partition coefficient (Wildman–Crippen LogP) is 1.26. The summed E-state index contributed by atoms with van der Waals surface area (Å²) < 4.78 is 18.5. The van der Waals surface area contributed by atoms with E-state index in [1.807, 2.05) is 0 Å². The standard InChI is InChI=1S/C18H19FN2O4S2/c1-16(15(24)25-4)9-18-14(23)20(3)17(2,27(18)26)13(22)21(18)12(16)10-5-7-11(19)8-6-10/h5-8,12H,9H2,1-4H3/t12?,16-,17?,18?,27?/m0/s1. The molecule has 3 aliphatic heterocycles. The van der Waals surface area contributed by atoms with Gasteiger partial charge in [0.15, 0.2) is 9.74 Å². The van der Waals surface area contributed by atoms with Crippen LogP contribution in [-0.2, 0) is 39.8 Å². The lowest BCUT2D eigenvalue weighted by Gasteiger charge is -2.40. The minimum atomic E-state index is -1.25. The average Bonchev–Trinajstić information content (AvgIpc) is 3.08. The highest BCUT2D eigenvalue weighted by molar-refractivity contribution is 8.31. The maximum Gasteiger partial charge on any atom is 0.314 e. The number of amides is 2. The van der Waals surface area contributed by atoms with E-state index in [1.54, 1.807) is 20.9 Å². The Balaban J connectivity index is 1.98. The van der Waals surface area contributed by atoms with Crippen LogP contribution in [0.3, 0.4) is 0 Å². The molecule has 1 aromatic rings. The second-order valence-electron chi connectivity index (χ2n) is 7.62. The van der Waals surface area contributed by atoms with Gasteiger partial charge >= 0.3 is 5.97 Å². The number of methoxy groups -OCH3 is 1. The molecule has 144 valence electrons. The Bertz CT molecular complexity index is 922. The number of halogens is 1. The topological polar surface area (TPSA) is 66.9 Å². The van der Waals surface area contributed by atoms with Gasteiger partial charge in [-0.2, -0.15) is 0 Å². The number of carbonyl (C=O) groups is 3. The summed E-state index contributed by atoms with van der Waals surface area (Å²) in [5, 5.41) is 0. The second-order valence-corrected chi connectivity index (χ2v) is 10.6. The van der Waals surface area contributed by atoms with Gasteiger partial charge in [0.25, 0.3) is 11.8 Å². The first-order valence-corrected chi connectivity index (χ1v) is 10.6. The van der Waals surface area contributed by atoms with Crippen LogP contribution in [0.15, 0.2) is 24.3 Å². The van der Waals surface area contributed by atoms with Gasteiger partial charge in [-0.1, -0.05) is 21.6 Å². The molecule has 6 nitrogen and oxygen atoms in total. The van der Waals surface area contributed by atoms with Crippen molar-refractivity contribution in [1.29, 1.82) is 0 Å². The normalized spacial score (nSPS) is 39.9. The number of hydrogen-bond acceptors (Lipinski definition) is 5. The molecule has 2 amide bonds. The molecule has 0 aromatic heterocycles. The van der Waals surface area contributed by atoms with Crippen LogP contribution in [0.1, 0.15) is 31.9 Å². The molecule has 1 spiro atoms. The van der Waals surface area contributed by atoms with Gasteiger partial charge < -0.3 is 14.5 Å². The number of piperazine rings is 1. The highest BCUT2D eigenvalue weighted by Crippen LogP contribution is 2.65. The maximum atomic E-state index is 13.5. The number of ether oxygens (including phenoxy) is 1. The van der Waals surface area contributed by atoms with Crippen molar-refractivity contribution in [3.05, 3.63) is 35.6 Å². The molecule has 3 heterocycles. The van der Waals surface area contributed by atoms with E-state index >= 15 is 0 Å². The van der Waals surface area contributed by atoms with Gasteiger partial charge in [0.1, 0.15) is 5.82 Å². The zero-order valence-electron chi connectivity index (χ0n) is 15.3. The molecule has 0 aliphatic carbocycles. The average molecular weight is 410 g/mol. The van der Waals surface area contributed by atoms with E-state index in [0.29, 0.717) is 5.56 Å². The van der Waals surface area contributed by atoms with Crippen LogP contribution in [0.2, 0.25) is 0 Å². The highest BCUT2D eigenvalue weighted by Gasteiger charge is 2.81. The molecule has 5 atom stereocenters. The first-order chi connectivity index (χ1) is 12.6. The first-order valence-electron chi connectivity index (χ1n) is 8.44. The summed E-state index contributed by atoms with van der Waals surface area (Å²) in [6.07, 6.45) is 0.0891. The van der Waals surface area contributed by atoms with Gasteiger partial charge in [0.2, 0.25) is 0 Å². The Hall–Kier alpha value is -1.87. The largest absolute Gasteiger partial charge is 0.469 e. The Morgan fingerprint density at radius 3 is 2.41 bits per heavy atom. The van der Waals surface area contributed by atoms with E-state index in [4.69, 9.17) is 15.9 Å². The van der Waals surface area contributed by atoms with E-state index in [1.165, 1.54) is 41.2 Å². The summed E-state index contributed by atoms with van der Waals surface area (Å²) in [6, 6.07) is 4.88. The summed E-state index contributed by atoms with van der Waals surface area (Å²) in [7, 11) is 1.82. The number of likely N-dealkylation sites (N-methyl/N-ethyl adjacent to an activating group) is 1. The lowest BCUT2D eigenvalue weighted by molar-refractivity contribution is -0.160. The number of carbonyl (C=O) groups excluding carboxylic acids is 3. The van der Waals surface area contributed by atoms with Crippen LogP contribution in [0.25, 0.3) is 0 Å². The Kier molecular flexibility index (Phi) is 3.66. The van der Waals surface area contributed by atoms with Gasteiger partial charge in [0.05, 0.1) is 18.6 Å². The molecule has 4 unspecified atom stereocenters. The lowest BCUT2D eigenvalue weighted by atomic mass is 9.78. The van der Waals surface area contributed by atoms with Gasteiger partial charge in [-0.15, -0.1) is 0 Å². The van der Waals surface area contributed by atoms with Gasteiger partial charge in [-0.3, -0.25) is 14.4 Å². The van der Waals surface area contributed by atoms with Gasteiger partial charge in [-0.05, 0) is 42.7 Å². The van der Waals surface area contributed by atoms with E-state index in [9.17, 15) is 18.8 Å². The molecular weight excluding hydrogens is 391 g/mol. The van der Waals surface area contributed by atoms with Crippen molar-refractivity contribution in [2.24, 2.45) is 5.41 Å². The van der Waals surface area contributed by atoms with E-state index in [-0.39, 0.29) is 18.2 Å². The summed E-state index contributed by atoms with van der Waals surface area (Å²) in [5.74, 6) is -1.47. The fourth-order valence-electron chi connectivity index (χ4n) is 4.80. The fraction of sp³-hybridized carbons (Fsp3) is 0.500. The molecule has 0 N–H and O–H groups in total. The van der Waals surface area contributed by atoms with Crippen LogP contribution in [0.4, 0.5) is 4.39 Å². The number of esters is 1. The molecule has 0 saturated carbocycles. The smallest absolute Gasteiger partial charge is 0.314 e. The minimum absolute atomic E-state index is 0.0891. The molecule has 2 bridgehead atoms. The van der Waals surface area contributed by atoms with E-state index < -0.39 is 42.4 Å². The van der Waals surface area contributed by atoms with Crippen molar-refractivity contribution in [2.45, 2.75) is 36.1 Å². The van der Waals surface area contributed by atoms with Crippen molar-refractivity contribution in [2.75, 3.05) is 14.2 Å². The third-order valence-corrected chi connectivity index (χ3v) is 10.4. The van der Waals surface area contributed by atoms with Crippen molar-refractivity contribution >= 4 is 38.4 Å². The van der Waals surface area contributed by atoms with Crippen LogP contribution < -0.4 is 0 Å². The molecule has 4 rings (SSSR count). The zero-order chi connectivity index (χ0) is 19.9. The first kappa shape index (κ1) is 18.5. The van der Waals surface area contributed by atoms with E-state index in [0.717, 1.165) is 0 Å². The number of benzene rings is 1. The molecule has 1 aromatic carbocycles. The number of fused-ring (bicyclic) bond motifs is 1. The highest BCUT2D eigenvalue weighted by atomic mass is 32.8. The van der Waals surface area contributed by atoms with Crippen LogP contribution >= 0.6 is 0 Å². The van der Waals surface area contributed by atoms with Crippen LogP contribution in [-0.4, -0.2) is 51.5 Å². The molecule has 0 radical (unpaired) electrons. The van der Waals surface area contributed by atoms with E-state index in [2.05, 4.69) is 0 Å². The summed E-state index contributed by atoms with van der Waals surface area (Å²) in [5.41, 5.74) is -0.595. The Labute approximate surface area is 163 Å². The molecule has 3 saturated heterocycles. The van der Waals surface area contributed by atoms with Gasteiger partial charge in [-0.25, -0.2) is 4.39 Å². The fourth-order valence-corrected chi connectivity index (χ4v) is 8.32. The Morgan fingerprint density at radius 1 is 1.26 bits per heavy atom. The van der Waals surface area contributed by atoms with Crippen molar-refractivity contribution in [3.8, 4) is 0 Å². The molecule has 3 aliphatic rings. The SMILES string of the molecule is COC(=O)[C@@]1(C)CC23C(=O)N(C)C(C)(C(=O)N2C1c1ccc(F)cc1)S3=S. The van der Waals surface area contributed by atoms with Crippen LogP contribution in [0, 0.1) is 11.2 Å². The third-order valence-electron chi connectivity index (χ3n) is 6.26. The summed E-state index contributed by atoms with van der Waals surface area (Å²) in [4.78, 5) is 40.0. The predicted molar refractivity (Wildman–Crippen MR) is 99.4 cm³/mol. The molecule has 3 fully saturated rings. The monoisotopic (exact) mass is 410 g/mol. The van der Waals surface area contributed by atoms with Crippen molar-refractivity contribution < 1.29 is 23.5 Å².